The van der Waals surface area contributed by atoms with Crippen molar-refractivity contribution in [3.63, 3.8) is 0 Å². The SMILES string of the molecule is Cn1c(-c2cccc(-c3ccccc3Cl)c2)ncc(O)c1=O. The molecule has 1 N–H and O–H groups in total. The largest absolute Gasteiger partial charge is 0.502 e. The maximum Gasteiger partial charge on any atom is 0.295 e. The van der Waals surface area contributed by atoms with Gasteiger partial charge in [0.05, 0.1) is 6.20 Å². The molecule has 0 aliphatic heterocycles. The van der Waals surface area contributed by atoms with E-state index in [1.807, 2.05) is 48.5 Å². The standard InChI is InChI=1S/C17H13ClN2O2/c1-20-16(19-10-15(21)17(20)22)12-6-4-5-11(9-12)13-7-2-3-8-14(13)18/h2-10,21H,1H3. The first-order valence-corrected chi connectivity index (χ1v) is 7.06. The highest BCUT2D eigenvalue weighted by Gasteiger charge is 2.10. The first kappa shape index (κ1) is 14.4. The summed E-state index contributed by atoms with van der Waals surface area (Å²) in [4.78, 5) is 16.0. The predicted octanol–water partition coefficient (Wildman–Crippen LogP) is 3.47. The summed E-state index contributed by atoms with van der Waals surface area (Å²) in [5.74, 6) is 0.116. The summed E-state index contributed by atoms with van der Waals surface area (Å²) in [7, 11) is 1.58. The molecular weight excluding hydrogens is 300 g/mol. The van der Waals surface area contributed by atoms with E-state index in [-0.39, 0.29) is 5.75 Å². The first-order chi connectivity index (χ1) is 10.6. The van der Waals surface area contributed by atoms with Crippen LogP contribution in [0.5, 0.6) is 5.75 Å². The summed E-state index contributed by atoms with van der Waals surface area (Å²) in [6.45, 7) is 0. The van der Waals surface area contributed by atoms with Crippen LogP contribution in [-0.2, 0) is 7.05 Å². The third-order valence-electron chi connectivity index (χ3n) is 3.46. The number of nitrogens with zero attached hydrogens (tertiary/aromatic N) is 2. The Morgan fingerprint density at radius 3 is 2.59 bits per heavy atom. The van der Waals surface area contributed by atoms with Crippen LogP contribution in [0.3, 0.4) is 0 Å². The molecule has 1 aromatic heterocycles. The van der Waals surface area contributed by atoms with E-state index in [0.717, 1.165) is 16.7 Å². The number of benzene rings is 2. The Bertz CT molecular complexity index is 903. The van der Waals surface area contributed by atoms with Gasteiger partial charge in [0, 0.05) is 23.2 Å². The van der Waals surface area contributed by atoms with Gasteiger partial charge in [0.15, 0.2) is 5.75 Å². The van der Waals surface area contributed by atoms with Gasteiger partial charge >= 0.3 is 0 Å². The maximum atomic E-state index is 11.8. The topological polar surface area (TPSA) is 55.1 Å². The van der Waals surface area contributed by atoms with Crippen molar-refractivity contribution < 1.29 is 5.11 Å². The van der Waals surface area contributed by atoms with E-state index in [0.29, 0.717) is 10.8 Å². The highest BCUT2D eigenvalue weighted by atomic mass is 35.5. The molecule has 4 nitrogen and oxygen atoms in total. The number of hydrogen-bond donors (Lipinski definition) is 1. The molecule has 1 heterocycles. The second-order valence-electron chi connectivity index (χ2n) is 4.89. The van der Waals surface area contributed by atoms with Crippen LogP contribution < -0.4 is 5.56 Å². The van der Waals surface area contributed by atoms with Gasteiger partial charge in [-0.1, -0.05) is 48.0 Å². The van der Waals surface area contributed by atoms with Crippen molar-refractivity contribution in [2.24, 2.45) is 7.05 Å². The molecule has 0 fully saturated rings. The van der Waals surface area contributed by atoms with Gasteiger partial charge in [-0.2, -0.15) is 0 Å². The van der Waals surface area contributed by atoms with Crippen LogP contribution in [-0.4, -0.2) is 14.7 Å². The molecule has 0 unspecified atom stereocenters. The van der Waals surface area contributed by atoms with Gasteiger partial charge in [-0.25, -0.2) is 4.98 Å². The van der Waals surface area contributed by atoms with Gasteiger partial charge < -0.3 is 5.11 Å². The van der Waals surface area contributed by atoms with Crippen LogP contribution in [0.25, 0.3) is 22.5 Å². The number of hydrogen-bond acceptors (Lipinski definition) is 3. The molecule has 0 atom stereocenters. The van der Waals surface area contributed by atoms with Crippen LogP contribution in [0.4, 0.5) is 0 Å². The zero-order valence-corrected chi connectivity index (χ0v) is 12.6. The number of rotatable bonds is 2. The maximum absolute atomic E-state index is 11.8. The Labute approximate surface area is 132 Å². The van der Waals surface area contributed by atoms with Crippen LogP contribution in [0.15, 0.2) is 59.5 Å². The molecule has 110 valence electrons. The smallest absolute Gasteiger partial charge is 0.295 e. The van der Waals surface area contributed by atoms with Crippen LogP contribution in [0.2, 0.25) is 5.02 Å². The average molecular weight is 313 g/mol. The van der Waals surface area contributed by atoms with E-state index in [1.165, 1.54) is 10.8 Å². The third-order valence-corrected chi connectivity index (χ3v) is 3.79. The molecule has 5 heteroatoms. The van der Waals surface area contributed by atoms with Gasteiger partial charge in [-0.05, 0) is 17.7 Å². The Hall–Kier alpha value is -2.59. The lowest BCUT2D eigenvalue weighted by Gasteiger charge is -2.10. The van der Waals surface area contributed by atoms with Crippen molar-refractivity contribution in [3.05, 3.63) is 70.1 Å². The van der Waals surface area contributed by atoms with Crippen molar-refractivity contribution in [2.45, 2.75) is 0 Å². The van der Waals surface area contributed by atoms with E-state index in [1.54, 1.807) is 7.05 Å². The molecule has 0 amide bonds. The van der Waals surface area contributed by atoms with Gasteiger partial charge in [-0.3, -0.25) is 9.36 Å². The summed E-state index contributed by atoms with van der Waals surface area (Å²) < 4.78 is 1.32. The minimum Gasteiger partial charge on any atom is -0.502 e. The molecule has 0 aliphatic carbocycles. The number of halogens is 1. The number of aromatic hydroxyl groups is 1. The Morgan fingerprint density at radius 2 is 1.82 bits per heavy atom. The van der Waals surface area contributed by atoms with Crippen LogP contribution in [0.1, 0.15) is 0 Å². The fourth-order valence-corrected chi connectivity index (χ4v) is 2.57. The minimum atomic E-state index is -0.479. The molecule has 0 spiro atoms. The molecule has 0 saturated heterocycles. The first-order valence-electron chi connectivity index (χ1n) is 6.68. The van der Waals surface area contributed by atoms with Crippen molar-refractivity contribution in [1.29, 1.82) is 0 Å². The van der Waals surface area contributed by atoms with Gasteiger partial charge in [0.1, 0.15) is 5.82 Å². The van der Waals surface area contributed by atoms with Crippen LogP contribution >= 0.6 is 11.6 Å². The third kappa shape index (κ3) is 2.49. The molecule has 0 saturated carbocycles. The van der Waals surface area contributed by atoms with E-state index in [4.69, 9.17) is 11.6 Å². The zero-order chi connectivity index (χ0) is 15.7. The molecule has 3 rings (SSSR count). The van der Waals surface area contributed by atoms with Crippen molar-refractivity contribution in [2.75, 3.05) is 0 Å². The fourth-order valence-electron chi connectivity index (χ4n) is 2.32. The Morgan fingerprint density at radius 1 is 1.09 bits per heavy atom. The minimum absolute atomic E-state index is 0.367. The van der Waals surface area contributed by atoms with Crippen molar-refractivity contribution >= 4 is 11.6 Å². The normalized spacial score (nSPS) is 10.6. The molecule has 3 aromatic rings. The zero-order valence-electron chi connectivity index (χ0n) is 11.8. The highest BCUT2D eigenvalue weighted by molar-refractivity contribution is 6.33. The summed E-state index contributed by atoms with van der Waals surface area (Å²) in [5.41, 5.74) is 2.14. The summed E-state index contributed by atoms with van der Waals surface area (Å²) in [6.07, 6.45) is 1.17. The van der Waals surface area contributed by atoms with Gasteiger partial charge in [0.25, 0.3) is 5.56 Å². The molecule has 0 aliphatic rings. The average Bonchev–Trinajstić information content (AvgIpc) is 2.53. The Balaban J connectivity index is 2.16. The second kappa shape index (κ2) is 5.66. The lowest BCUT2D eigenvalue weighted by molar-refractivity contribution is 0.457. The van der Waals surface area contributed by atoms with Crippen molar-refractivity contribution in [3.8, 4) is 28.3 Å². The Kier molecular flexibility index (Phi) is 3.69. The molecular formula is C17H13ClN2O2. The predicted molar refractivity (Wildman–Crippen MR) is 87.0 cm³/mol. The number of aromatic nitrogens is 2. The van der Waals surface area contributed by atoms with Crippen molar-refractivity contribution in [1.82, 2.24) is 9.55 Å². The van der Waals surface area contributed by atoms with Gasteiger partial charge in [-0.15, -0.1) is 0 Å². The lowest BCUT2D eigenvalue weighted by atomic mass is 10.0. The van der Waals surface area contributed by atoms with E-state index >= 15 is 0 Å². The molecule has 22 heavy (non-hydrogen) atoms. The summed E-state index contributed by atoms with van der Waals surface area (Å²) in [5, 5.41) is 10.1. The second-order valence-corrected chi connectivity index (χ2v) is 5.30. The van der Waals surface area contributed by atoms with E-state index < -0.39 is 5.56 Å². The van der Waals surface area contributed by atoms with Crippen LogP contribution in [0, 0.1) is 0 Å². The summed E-state index contributed by atoms with van der Waals surface area (Å²) >= 11 is 6.23. The molecule has 2 aromatic carbocycles. The highest BCUT2D eigenvalue weighted by Crippen LogP contribution is 2.30. The van der Waals surface area contributed by atoms with E-state index in [2.05, 4.69) is 4.98 Å². The quantitative estimate of drug-likeness (QED) is 0.788. The van der Waals surface area contributed by atoms with Gasteiger partial charge in [0.2, 0.25) is 0 Å². The summed E-state index contributed by atoms with van der Waals surface area (Å²) in [6, 6.07) is 15.2. The monoisotopic (exact) mass is 312 g/mol. The lowest BCUT2D eigenvalue weighted by Crippen LogP contribution is -2.18. The molecule has 0 bridgehead atoms. The van der Waals surface area contributed by atoms with E-state index in [9.17, 15) is 9.90 Å². The molecule has 0 radical (unpaired) electrons. The fraction of sp³-hybridized carbons (Fsp3) is 0.0588.